The molecule has 0 aromatic heterocycles. The van der Waals surface area contributed by atoms with E-state index in [4.69, 9.17) is 4.74 Å². The molecule has 1 spiro atoms. The summed E-state index contributed by atoms with van der Waals surface area (Å²) in [5, 5.41) is 10.9. The first-order chi connectivity index (χ1) is 17.8. The van der Waals surface area contributed by atoms with Crippen LogP contribution in [0.1, 0.15) is 61.3 Å². The van der Waals surface area contributed by atoms with Crippen molar-refractivity contribution >= 4 is 12.0 Å². The number of aromatic hydroxyl groups is 1. The van der Waals surface area contributed by atoms with Crippen LogP contribution in [0.25, 0.3) is 6.08 Å². The lowest BCUT2D eigenvalue weighted by Gasteiger charge is -2.66. The molecule has 5 heteroatoms. The van der Waals surface area contributed by atoms with Gasteiger partial charge in [-0.1, -0.05) is 42.8 Å². The fourth-order valence-corrected chi connectivity index (χ4v) is 8.53. The van der Waals surface area contributed by atoms with Gasteiger partial charge in [-0.2, -0.15) is 0 Å². The smallest absolute Gasteiger partial charge is 0.246 e. The summed E-state index contributed by atoms with van der Waals surface area (Å²) < 4.78 is 6.78. The molecule has 5 atom stereocenters. The Balaban J connectivity index is 1.25. The van der Waals surface area contributed by atoms with E-state index in [0.717, 1.165) is 43.7 Å². The summed E-state index contributed by atoms with van der Waals surface area (Å²) in [5.41, 5.74) is 4.71. The van der Waals surface area contributed by atoms with E-state index in [0.29, 0.717) is 11.8 Å². The third-order valence-electron chi connectivity index (χ3n) is 10.6. The Morgan fingerprint density at radius 2 is 2.05 bits per heavy atom. The zero-order chi connectivity index (χ0) is 25.5. The van der Waals surface area contributed by atoms with Crippen molar-refractivity contribution in [3.63, 3.8) is 0 Å². The average Bonchev–Trinajstić information content (AvgIpc) is 3.62. The summed E-state index contributed by atoms with van der Waals surface area (Å²) in [7, 11) is 1.93. The highest BCUT2D eigenvalue weighted by Gasteiger charge is 2.71. The first-order valence-electron chi connectivity index (χ1n) is 14.1. The molecule has 7 rings (SSSR count). The number of likely N-dealkylation sites (tertiary alicyclic amines) is 1. The maximum Gasteiger partial charge on any atom is 0.246 e. The van der Waals surface area contributed by atoms with Gasteiger partial charge in [-0.3, -0.25) is 9.69 Å². The molecule has 3 fully saturated rings. The van der Waals surface area contributed by atoms with Gasteiger partial charge in [-0.05, 0) is 86.6 Å². The van der Waals surface area contributed by atoms with Crippen molar-refractivity contribution in [2.75, 3.05) is 20.1 Å². The number of hydrogen-bond acceptors (Lipinski definition) is 4. The van der Waals surface area contributed by atoms with Gasteiger partial charge in [-0.15, -0.1) is 0 Å². The molecule has 5 nitrogen and oxygen atoms in total. The van der Waals surface area contributed by atoms with E-state index < -0.39 is 0 Å². The zero-order valence-electron chi connectivity index (χ0n) is 22.2. The van der Waals surface area contributed by atoms with Gasteiger partial charge in [0.15, 0.2) is 11.5 Å². The fraction of sp³-hybridized carbons (Fsp3) is 0.531. The second-order valence-electron chi connectivity index (χ2n) is 12.6. The molecular weight excluding hydrogens is 460 g/mol. The number of likely N-dealkylation sites (N-methyl/N-ethyl adjacent to an activating group) is 1. The zero-order valence-corrected chi connectivity index (χ0v) is 22.2. The van der Waals surface area contributed by atoms with Crippen molar-refractivity contribution in [3.05, 3.63) is 64.7 Å². The number of phenolic OH excluding ortho intramolecular Hbond substituents is 1. The minimum absolute atomic E-state index is 0.00837. The highest BCUT2D eigenvalue weighted by Crippen LogP contribution is 2.69. The van der Waals surface area contributed by atoms with Crippen LogP contribution in [0.15, 0.2) is 42.5 Å². The van der Waals surface area contributed by atoms with Crippen molar-refractivity contribution < 1.29 is 14.6 Å². The van der Waals surface area contributed by atoms with Crippen LogP contribution in [0.5, 0.6) is 11.5 Å². The molecule has 0 radical (unpaired) electrons. The molecule has 0 unspecified atom stereocenters. The number of nitrogens with zero attached hydrogens (tertiary/aromatic N) is 2. The van der Waals surface area contributed by atoms with Crippen LogP contribution in [-0.2, 0) is 16.6 Å². The number of aryl methyl sites for hydroxylation is 1. The predicted octanol–water partition coefficient (Wildman–Crippen LogP) is 5.08. The fourth-order valence-electron chi connectivity index (χ4n) is 8.53. The number of rotatable bonds is 5. The first-order valence-corrected chi connectivity index (χ1v) is 14.1. The van der Waals surface area contributed by atoms with Crippen LogP contribution in [0, 0.1) is 18.3 Å². The maximum absolute atomic E-state index is 13.4. The van der Waals surface area contributed by atoms with Crippen LogP contribution >= 0.6 is 0 Å². The second kappa shape index (κ2) is 8.10. The van der Waals surface area contributed by atoms with E-state index in [2.05, 4.69) is 36.9 Å². The molecule has 37 heavy (non-hydrogen) atoms. The number of carbonyl (C=O) groups is 1. The van der Waals surface area contributed by atoms with Crippen molar-refractivity contribution in [2.45, 2.75) is 76.0 Å². The van der Waals surface area contributed by atoms with Gasteiger partial charge in [0.25, 0.3) is 0 Å². The van der Waals surface area contributed by atoms with E-state index in [1.807, 2.05) is 36.2 Å². The summed E-state index contributed by atoms with van der Waals surface area (Å²) in [6, 6.07) is 12.6. The third kappa shape index (κ3) is 3.29. The van der Waals surface area contributed by atoms with Gasteiger partial charge in [0.2, 0.25) is 5.91 Å². The van der Waals surface area contributed by atoms with Gasteiger partial charge >= 0.3 is 0 Å². The Labute approximate surface area is 220 Å². The predicted molar refractivity (Wildman–Crippen MR) is 145 cm³/mol. The lowest BCUT2D eigenvalue weighted by molar-refractivity contribution is -0.150. The van der Waals surface area contributed by atoms with Crippen LogP contribution in [0.2, 0.25) is 0 Å². The van der Waals surface area contributed by atoms with Crippen molar-refractivity contribution in [3.8, 4) is 11.5 Å². The first kappa shape index (κ1) is 23.3. The number of phenols is 1. The number of amides is 1. The lowest BCUT2D eigenvalue weighted by Crippen LogP contribution is -2.73. The minimum Gasteiger partial charge on any atom is -0.504 e. The van der Waals surface area contributed by atoms with Crippen molar-refractivity contribution in [1.29, 1.82) is 0 Å². The summed E-state index contributed by atoms with van der Waals surface area (Å²) in [6.07, 6.45) is 10.3. The van der Waals surface area contributed by atoms with Crippen LogP contribution in [0.3, 0.4) is 0 Å². The number of ether oxygens (including phenoxy) is 1. The topological polar surface area (TPSA) is 53.0 Å². The number of hydrogen-bond donors (Lipinski definition) is 1. The number of benzene rings is 2. The van der Waals surface area contributed by atoms with Gasteiger partial charge in [0.1, 0.15) is 6.10 Å². The number of piperidine rings is 1. The Morgan fingerprint density at radius 3 is 2.84 bits per heavy atom. The molecule has 5 aliphatic rings. The highest BCUT2D eigenvalue weighted by atomic mass is 16.5. The summed E-state index contributed by atoms with van der Waals surface area (Å²) in [5.74, 6) is 1.81. The quantitative estimate of drug-likeness (QED) is 0.584. The lowest BCUT2D eigenvalue weighted by atomic mass is 9.43. The second-order valence-corrected chi connectivity index (χ2v) is 12.6. The molecule has 2 heterocycles. The SMILES string of the molecule is Cc1cccc(C=CC(=O)N(C)[C@H]2CC[C@@]3(C)[C@H]4Cc5ccc(O)c6c5[C@@]3(CCN4CC3CC3)[C@H]2O6)c1. The van der Waals surface area contributed by atoms with E-state index in [1.165, 1.54) is 36.1 Å². The molecule has 2 aromatic rings. The molecule has 3 aliphatic carbocycles. The average molecular weight is 499 g/mol. The monoisotopic (exact) mass is 498 g/mol. The molecule has 1 saturated heterocycles. The normalized spacial score (nSPS) is 33.8. The van der Waals surface area contributed by atoms with E-state index >= 15 is 0 Å². The summed E-state index contributed by atoms with van der Waals surface area (Å²) in [6.45, 7) is 6.84. The van der Waals surface area contributed by atoms with Gasteiger partial charge in [0.05, 0.1) is 6.04 Å². The highest BCUT2D eigenvalue weighted by molar-refractivity contribution is 5.92. The molecule has 194 valence electrons. The van der Waals surface area contributed by atoms with Crippen LogP contribution < -0.4 is 4.74 Å². The van der Waals surface area contributed by atoms with Crippen molar-refractivity contribution in [1.82, 2.24) is 9.80 Å². The van der Waals surface area contributed by atoms with Gasteiger partial charge in [0, 0.05) is 36.7 Å². The Bertz CT molecular complexity index is 1300. The summed E-state index contributed by atoms with van der Waals surface area (Å²) >= 11 is 0. The van der Waals surface area contributed by atoms with Gasteiger partial charge in [-0.25, -0.2) is 0 Å². The Kier molecular flexibility index (Phi) is 5.11. The van der Waals surface area contributed by atoms with Crippen molar-refractivity contribution in [2.24, 2.45) is 11.3 Å². The van der Waals surface area contributed by atoms with E-state index in [9.17, 15) is 9.90 Å². The molecule has 2 aromatic carbocycles. The molecular formula is C32H38N2O3. The van der Waals surface area contributed by atoms with Gasteiger partial charge < -0.3 is 14.7 Å². The molecule has 1 amide bonds. The van der Waals surface area contributed by atoms with Crippen LogP contribution in [0.4, 0.5) is 0 Å². The molecule has 2 aliphatic heterocycles. The molecule has 2 saturated carbocycles. The van der Waals surface area contributed by atoms with Crippen LogP contribution in [-0.4, -0.2) is 59.1 Å². The minimum atomic E-state index is -0.170. The van der Waals surface area contributed by atoms with E-state index in [-0.39, 0.29) is 34.6 Å². The molecule has 1 N–H and O–H groups in total. The standard InChI is InChI=1S/C32H38N2O3/c1-20-5-4-6-21(17-20)9-12-27(36)33(3)24-13-14-31(2)26-18-23-10-11-25(35)29-28(23)32(31,30(24)37-29)15-16-34(26)19-22-7-8-22/h4-6,9-12,17,22,24,26,30,35H,7-8,13-16,18-19H2,1-3H3/t24-,26+,30-,31-,32-/m0/s1. The Hall–Kier alpha value is -2.79. The van der Waals surface area contributed by atoms with E-state index in [1.54, 1.807) is 6.08 Å². The maximum atomic E-state index is 13.4. The molecule has 2 bridgehead atoms. The third-order valence-corrected chi connectivity index (χ3v) is 10.6. The Morgan fingerprint density at radius 1 is 1.22 bits per heavy atom. The summed E-state index contributed by atoms with van der Waals surface area (Å²) in [4.78, 5) is 18.1. The largest absolute Gasteiger partial charge is 0.504 e. The number of carbonyl (C=O) groups excluding carboxylic acids is 1.